The second kappa shape index (κ2) is 2.38. The lowest BCUT2D eigenvalue weighted by Gasteiger charge is -2.18. The van der Waals surface area contributed by atoms with E-state index < -0.39 is 0 Å². The minimum atomic E-state index is 0.160. The third kappa shape index (κ3) is 1.23. The van der Waals surface area contributed by atoms with Crippen molar-refractivity contribution in [2.75, 3.05) is 6.54 Å². The number of likely N-dealkylation sites (tertiary alicyclic amines) is 1. The molecule has 0 spiro atoms. The van der Waals surface area contributed by atoms with Crippen LogP contribution in [0.2, 0.25) is 0 Å². The van der Waals surface area contributed by atoms with E-state index in [1.165, 1.54) is 0 Å². The minimum absolute atomic E-state index is 0.160. The third-order valence-corrected chi connectivity index (χ3v) is 1.78. The fourth-order valence-electron chi connectivity index (χ4n) is 1.25. The molecule has 1 heterocycles. The summed E-state index contributed by atoms with van der Waals surface area (Å²) in [5.74, 6) is 0.160. The molecule has 0 saturated carbocycles. The van der Waals surface area contributed by atoms with Gasteiger partial charge in [-0.25, -0.2) is 0 Å². The molecule has 1 rings (SSSR count). The Labute approximate surface area is 55.8 Å². The molecule has 0 N–H and O–H groups in total. The summed E-state index contributed by atoms with van der Waals surface area (Å²) in [6.45, 7) is 6.35. The maximum Gasteiger partial charge on any atom is 0.219 e. The molecule has 51 valence electrons. The maximum atomic E-state index is 10.7. The van der Waals surface area contributed by atoms with Gasteiger partial charge in [-0.05, 0) is 19.8 Å². The highest BCUT2D eigenvalue weighted by molar-refractivity contribution is 5.73. The average molecular weight is 126 g/mol. The van der Waals surface area contributed by atoms with Gasteiger partial charge in [0.1, 0.15) is 0 Å². The first kappa shape index (κ1) is 6.59. The van der Waals surface area contributed by atoms with Crippen LogP contribution in [0.1, 0.15) is 19.8 Å². The van der Waals surface area contributed by atoms with Crippen molar-refractivity contribution in [3.63, 3.8) is 0 Å². The molecule has 0 aromatic carbocycles. The first-order chi connectivity index (χ1) is 4.22. The molecule has 1 saturated heterocycles. The van der Waals surface area contributed by atoms with Crippen molar-refractivity contribution in [2.45, 2.75) is 25.8 Å². The second-order valence-electron chi connectivity index (χ2n) is 2.51. The summed E-state index contributed by atoms with van der Waals surface area (Å²) in [6, 6.07) is 0.238. The van der Waals surface area contributed by atoms with Gasteiger partial charge in [-0.15, -0.1) is 0 Å². The van der Waals surface area contributed by atoms with Gasteiger partial charge in [-0.2, -0.15) is 0 Å². The Hall–Kier alpha value is -0.530. The van der Waals surface area contributed by atoms with Crippen LogP contribution in [-0.2, 0) is 4.79 Å². The molecule has 0 aromatic heterocycles. The molecule has 0 unspecified atom stereocenters. The van der Waals surface area contributed by atoms with E-state index in [4.69, 9.17) is 0 Å². The van der Waals surface area contributed by atoms with Gasteiger partial charge in [-0.3, -0.25) is 4.79 Å². The van der Waals surface area contributed by atoms with Gasteiger partial charge >= 0.3 is 0 Å². The topological polar surface area (TPSA) is 20.3 Å². The molecular weight excluding hydrogens is 114 g/mol. The Morgan fingerprint density at radius 2 is 2.44 bits per heavy atom. The van der Waals surface area contributed by atoms with Crippen molar-refractivity contribution in [3.8, 4) is 0 Å². The monoisotopic (exact) mass is 126 g/mol. The van der Waals surface area contributed by atoms with Crippen LogP contribution in [0.4, 0.5) is 0 Å². The van der Waals surface area contributed by atoms with Crippen molar-refractivity contribution in [1.82, 2.24) is 4.90 Å². The van der Waals surface area contributed by atoms with E-state index in [1.807, 2.05) is 4.90 Å². The number of carbonyl (C=O) groups is 1. The zero-order valence-corrected chi connectivity index (χ0v) is 5.76. The molecular formula is C7H12NO. The van der Waals surface area contributed by atoms with Crippen molar-refractivity contribution >= 4 is 5.91 Å². The molecule has 1 fully saturated rings. The van der Waals surface area contributed by atoms with Gasteiger partial charge in [0.05, 0.1) is 0 Å². The standard InChI is InChI=1S/C7H12NO/c1-6-4-3-5-8(6)7(2)9/h6H,1,3-5H2,2H3/t6-/m1/s1. The number of carbonyl (C=O) groups excluding carboxylic acids is 1. The van der Waals surface area contributed by atoms with Crippen LogP contribution in [0, 0.1) is 6.92 Å². The Morgan fingerprint density at radius 1 is 1.78 bits per heavy atom. The number of amides is 1. The average Bonchev–Trinajstić information content (AvgIpc) is 2.13. The number of hydrogen-bond donors (Lipinski definition) is 0. The molecule has 9 heavy (non-hydrogen) atoms. The fourth-order valence-corrected chi connectivity index (χ4v) is 1.25. The van der Waals surface area contributed by atoms with Crippen LogP contribution in [0.3, 0.4) is 0 Å². The summed E-state index contributed by atoms with van der Waals surface area (Å²) in [4.78, 5) is 12.6. The van der Waals surface area contributed by atoms with Gasteiger partial charge in [0.2, 0.25) is 5.91 Å². The Balaban J connectivity index is 2.49. The van der Waals surface area contributed by atoms with Crippen LogP contribution in [0.5, 0.6) is 0 Å². The van der Waals surface area contributed by atoms with Crippen LogP contribution < -0.4 is 0 Å². The van der Waals surface area contributed by atoms with Crippen molar-refractivity contribution < 1.29 is 4.79 Å². The van der Waals surface area contributed by atoms with Gasteiger partial charge in [0, 0.05) is 19.5 Å². The molecule has 1 amide bonds. The quantitative estimate of drug-likeness (QED) is 0.471. The van der Waals surface area contributed by atoms with E-state index in [2.05, 4.69) is 6.92 Å². The van der Waals surface area contributed by atoms with E-state index in [-0.39, 0.29) is 11.9 Å². The lowest BCUT2D eigenvalue weighted by atomic mass is 10.2. The van der Waals surface area contributed by atoms with Gasteiger partial charge < -0.3 is 4.90 Å². The van der Waals surface area contributed by atoms with Crippen LogP contribution >= 0.6 is 0 Å². The highest BCUT2D eigenvalue weighted by Gasteiger charge is 2.21. The second-order valence-corrected chi connectivity index (χ2v) is 2.51. The normalized spacial score (nSPS) is 26.9. The third-order valence-electron chi connectivity index (χ3n) is 1.78. The van der Waals surface area contributed by atoms with Crippen molar-refractivity contribution in [3.05, 3.63) is 6.92 Å². The lowest BCUT2D eigenvalue weighted by molar-refractivity contribution is -0.128. The predicted molar refractivity (Wildman–Crippen MR) is 35.8 cm³/mol. The van der Waals surface area contributed by atoms with Crippen molar-refractivity contribution in [2.24, 2.45) is 0 Å². The lowest BCUT2D eigenvalue weighted by Crippen LogP contribution is -2.31. The summed E-state index contributed by atoms with van der Waals surface area (Å²) in [7, 11) is 0. The summed E-state index contributed by atoms with van der Waals surface area (Å²) in [5.41, 5.74) is 0. The SMILES string of the molecule is [CH2][C@@H]1CCCN1C(C)=O. The number of rotatable bonds is 0. The Bertz CT molecular complexity index is 122. The van der Waals surface area contributed by atoms with E-state index >= 15 is 0 Å². The van der Waals surface area contributed by atoms with E-state index in [0.717, 1.165) is 19.4 Å². The van der Waals surface area contributed by atoms with Crippen molar-refractivity contribution in [1.29, 1.82) is 0 Å². The highest BCUT2D eigenvalue weighted by atomic mass is 16.2. The number of hydrogen-bond acceptors (Lipinski definition) is 1. The Kier molecular flexibility index (Phi) is 1.74. The minimum Gasteiger partial charge on any atom is -0.340 e. The van der Waals surface area contributed by atoms with Gasteiger partial charge in [0.25, 0.3) is 0 Å². The van der Waals surface area contributed by atoms with Crippen LogP contribution in [-0.4, -0.2) is 23.4 Å². The van der Waals surface area contributed by atoms with E-state index in [9.17, 15) is 4.79 Å². The zero-order chi connectivity index (χ0) is 6.85. The first-order valence-corrected chi connectivity index (χ1v) is 3.32. The van der Waals surface area contributed by atoms with Crippen LogP contribution in [0.25, 0.3) is 0 Å². The van der Waals surface area contributed by atoms with Crippen LogP contribution in [0.15, 0.2) is 0 Å². The molecule has 2 heteroatoms. The molecule has 0 aromatic rings. The fraction of sp³-hybridized carbons (Fsp3) is 0.714. The van der Waals surface area contributed by atoms with Gasteiger partial charge in [-0.1, -0.05) is 0 Å². The molecule has 0 bridgehead atoms. The largest absolute Gasteiger partial charge is 0.340 e. The molecule has 0 aliphatic carbocycles. The maximum absolute atomic E-state index is 10.7. The molecule has 1 aliphatic rings. The Morgan fingerprint density at radius 3 is 2.67 bits per heavy atom. The summed E-state index contributed by atoms with van der Waals surface area (Å²) < 4.78 is 0. The molecule has 2 nitrogen and oxygen atoms in total. The van der Waals surface area contributed by atoms with Gasteiger partial charge in [0.15, 0.2) is 0 Å². The molecule has 1 atom stereocenters. The highest BCUT2D eigenvalue weighted by Crippen LogP contribution is 2.15. The number of nitrogens with zero attached hydrogens (tertiary/aromatic N) is 1. The smallest absolute Gasteiger partial charge is 0.219 e. The molecule has 1 aliphatic heterocycles. The summed E-state index contributed by atoms with van der Waals surface area (Å²) in [5, 5.41) is 0. The summed E-state index contributed by atoms with van der Waals surface area (Å²) >= 11 is 0. The van der Waals surface area contributed by atoms with E-state index in [0.29, 0.717) is 0 Å². The first-order valence-electron chi connectivity index (χ1n) is 3.32. The van der Waals surface area contributed by atoms with E-state index in [1.54, 1.807) is 6.92 Å². The zero-order valence-electron chi connectivity index (χ0n) is 5.76. The molecule has 1 radical (unpaired) electrons. The summed E-state index contributed by atoms with van der Waals surface area (Å²) in [6.07, 6.45) is 2.19. The predicted octanol–water partition coefficient (Wildman–Crippen LogP) is 0.831.